The number of rotatable bonds is 6. The van der Waals surface area contributed by atoms with Crippen LogP contribution in [0.3, 0.4) is 0 Å². The lowest BCUT2D eigenvalue weighted by Gasteiger charge is -2.20. The number of aliphatic hydroxyl groups is 1. The summed E-state index contributed by atoms with van der Waals surface area (Å²) in [5.74, 6) is 0.914. The van der Waals surface area contributed by atoms with Crippen LogP contribution >= 0.6 is 0 Å². The van der Waals surface area contributed by atoms with E-state index < -0.39 is 16.1 Å². The van der Waals surface area contributed by atoms with Gasteiger partial charge in [0.1, 0.15) is 13.2 Å². The molecule has 8 heteroatoms. The highest BCUT2D eigenvalue weighted by Gasteiger charge is 2.22. The van der Waals surface area contributed by atoms with Gasteiger partial charge in [-0.1, -0.05) is 0 Å². The number of ether oxygens (including phenoxy) is 3. The zero-order chi connectivity index (χ0) is 14.6. The highest BCUT2D eigenvalue weighted by Crippen LogP contribution is 2.32. The zero-order valence-corrected chi connectivity index (χ0v) is 11.9. The average Bonchev–Trinajstić information content (AvgIpc) is 2.46. The molecule has 0 saturated heterocycles. The number of aliphatic hydroxyl groups excluding tert-OH is 1. The van der Waals surface area contributed by atoms with E-state index in [0.717, 1.165) is 0 Å². The van der Waals surface area contributed by atoms with Crippen molar-refractivity contribution < 1.29 is 27.7 Å². The standard InChI is InChI=1S/C12H17NO6S/c1-17-8-9(7-14)13-20(15,16)10-2-3-11-12(6-10)19-5-4-18-11/h2-3,6,9,13-14H,4-5,7-8H2,1H3. The van der Waals surface area contributed by atoms with Crippen LogP contribution in [0.25, 0.3) is 0 Å². The van der Waals surface area contributed by atoms with Gasteiger partial charge in [0.25, 0.3) is 0 Å². The topological polar surface area (TPSA) is 94.1 Å². The van der Waals surface area contributed by atoms with E-state index in [0.29, 0.717) is 24.7 Å². The van der Waals surface area contributed by atoms with Crippen LogP contribution in [0.4, 0.5) is 0 Å². The molecule has 0 aromatic heterocycles. The fourth-order valence-corrected chi connectivity index (χ4v) is 3.03. The monoisotopic (exact) mass is 303 g/mol. The van der Waals surface area contributed by atoms with Crippen molar-refractivity contribution in [3.63, 3.8) is 0 Å². The molecule has 1 aliphatic heterocycles. The number of fused-ring (bicyclic) bond motifs is 1. The molecule has 1 unspecified atom stereocenters. The lowest BCUT2D eigenvalue weighted by atomic mass is 10.3. The van der Waals surface area contributed by atoms with E-state index in [4.69, 9.17) is 19.3 Å². The van der Waals surface area contributed by atoms with Gasteiger partial charge in [0.2, 0.25) is 10.0 Å². The summed E-state index contributed by atoms with van der Waals surface area (Å²) in [6, 6.07) is 3.68. The number of sulfonamides is 1. The summed E-state index contributed by atoms with van der Waals surface area (Å²) in [4.78, 5) is 0.0521. The maximum Gasteiger partial charge on any atom is 0.241 e. The van der Waals surface area contributed by atoms with Gasteiger partial charge in [0.05, 0.1) is 24.2 Å². The van der Waals surface area contributed by atoms with Crippen LogP contribution in [0.1, 0.15) is 0 Å². The van der Waals surface area contributed by atoms with Crippen LogP contribution in [-0.2, 0) is 14.8 Å². The Bertz CT molecular complexity index is 559. The van der Waals surface area contributed by atoms with Crippen molar-refractivity contribution in [1.82, 2.24) is 4.72 Å². The van der Waals surface area contributed by atoms with Gasteiger partial charge in [-0.25, -0.2) is 13.1 Å². The van der Waals surface area contributed by atoms with E-state index in [2.05, 4.69) is 4.72 Å². The zero-order valence-electron chi connectivity index (χ0n) is 11.0. The number of benzene rings is 1. The summed E-state index contributed by atoms with van der Waals surface area (Å²) in [6.07, 6.45) is 0. The molecule has 2 N–H and O–H groups in total. The van der Waals surface area contributed by atoms with Crippen LogP contribution in [0, 0.1) is 0 Å². The third-order valence-electron chi connectivity index (χ3n) is 2.73. The number of nitrogens with one attached hydrogen (secondary N) is 1. The van der Waals surface area contributed by atoms with Gasteiger partial charge in [0.15, 0.2) is 11.5 Å². The Kier molecular flexibility index (Phi) is 4.81. The van der Waals surface area contributed by atoms with Crippen molar-refractivity contribution in [1.29, 1.82) is 0 Å². The van der Waals surface area contributed by atoms with Gasteiger partial charge in [-0.05, 0) is 12.1 Å². The third-order valence-corrected chi connectivity index (χ3v) is 4.25. The molecule has 0 spiro atoms. The van der Waals surface area contributed by atoms with E-state index in [9.17, 15) is 8.42 Å². The molecule has 0 radical (unpaired) electrons. The minimum Gasteiger partial charge on any atom is -0.486 e. The van der Waals surface area contributed by atoms with Crippen LogP contribution in [0.2, 0.25) is 0 Å². The SMILES string of the molecule is COCC(CO)NS(=O)(=O)c1ccc2c(c1)OCCO2. The summed E-state index contributed by atoms with van der Waals surface area (Å²) in [7, 11) is -2.32. The van der Waals surface area contributed by atoms with E-state index in [-0.39, 0.29) is 18.1 Å². The molecule has 0 bridgehead atoms. The molecular formula is C12H17NO6S. The first-order valence-electron chi connectivity index (χ1n) is 6.08. The van der Waals surface area contributed by atoms with Gasteiger partial charge in [-0.2, -0.15) is 0 Å². The van der Waals surface area contributed by atoms with E-state index in [1.54, 1.807) is 6.07 Å². The van der Waals surface area contributed by atoms with Crippen LogP contribution in [0.5, 0.6) is 11.5 Å². The maximum absolute atomic E-state index is 12.2. The van der Waals surface area contributed by atoms with Crippen molar-refractivity contribution in [2.45, 2.75) is 10.9 Å². The minimum absolute atomic E-state index is 0.0521. The van der Waals surface area contributed by atoms with Gasteiger partial charge in [-0.3, -0.25) is 0 Å². The first kappa shape index (κ1) is 15.0. The smallest absolute Gasteiger partial charge is 0.241 e. The predicted octanol–water partition coefficient (Wildman–Crippen LogP) is -0.257. The fourth-order valence-electron chi connectivity index (χ4n) is 1.80. The van der Waals surface area contributed by atoms with Crippen LogP contribution in [-0.4, -0.2) is 53.1 Å². The molecule has 1 atom stereocenters. The summed E-state index contributed by atoms with van der Waals surface area (Å²) >= 11 is 0. The second-order valence-corrected chi connectivity index (χ2v) is 5.98. The molecule has 0 aliphatic carbocycles. The van der Waals surface area contributed by atoms with Gasteiger partial charge >= 0.3 is 0 Å². The molecule has 0 amide bonds. The van der Waals surface area contributed by atoms with Crippen molar-refractivity contribution in [2.75, 3.05) is 33.5 Å². The average molecular weight is 303 g/mol. The summed E-state index contributed by atoms with van der Waals surface area (Å²) in [6.45, 7) is 0.558. The molecule has 1 heterocycles. The highest BCUT2D eigenvalue weighted by molar-refractivity contribution is 7.89. The molecule has 0 saturated carbocycles. The first-order chi connectivity index (χ1) is 9.56. The first-order valence-corrected chi connectivity index (χ1v) is 7.57. The molecule has 20 heavy (non-hydrogen) atoms. The Hall–Kier alpha value is -1.35. The quantitative estimate of drug-likeness (QED) is 0.752. The molecule has 2 rings (SSSR count). The van der Waals surface area contributed by atoms with Gasteiger partial charge in [-0.15, -0.1) is 0 Å². The van der Waals surface area contributed by atoms with Gasteiger partial charge in [0, 0.05) is 13.2 Å². The number of methoxy groups -OCH3 is 1. The molecule has 1 aromatic carbocycles. The molecular weight excluding hydrogens is 286 g/mol. The van der Waals surface area contributed by atoms with Crippen LogP contribution < -0.4 is 14.2 Å². The van der Waals surface area contributed by atoms with Gasteiger partial charge < -0.3 is 19.3 Å². The normalized spacial score (nSPS) is 15.9. The predicted molar refractivity (Wildman–Crippen MR) is 70.5 cm³/mol. The van der Waals surface area contributed by atoms with E-state index >= 15 is 0 Å². The van der Waals surface area contributed by atoms with Crippen molar-refractivity contribution in [3.05, 3.63) is 18.2 Å². The molecule has 1 aliphatic rings. The Morgan fingerprint density at radius 1 is 1.35 bits per heavy atom. The summed E-state index contributed by atoms with van der Waals surface area (Å²) in [5.41, 5.74) is 0. The third kappa shape index (κ3) is 3.40. The van der Waals surface area contributed by atoms with E-state index in [1.807, 2.05) is 0 Å². The van der Waals surface area contributed by atoms with Crippen LogP contribution in [0.15, 0.2) is 23.1 Å². The van der Waals surface area contributed by atoms with E-state index in [1.165, 1.54) is 19.2 Å². The fraction of sp³-hybridized carbons (Fsp3) is 0.500. The second kappa shape index (κ2) is 6.40. The number of hydrogen-bond donors (Lipinski definition) is 2. The second-order valence-electron chi connectivity index (χ2n) is 4.26. The molecule has 7 nitrogen and oxygen atoms in total. The Labute approximate surface area is 117 Å². The Morgan fingerprint density at radius 2 is 2.05 bits per heavy atom. The molecule has 112 valence electrons. The Balaban J connectivity index is 2.20. The summed E-state index contributed by atoms with van der Waals surface area (Å²) < 4.78 is 42.3. The largest absolute Gasteiger partial charge is 0.486 e. The number of hydrogen-bond acceptors (Lipinski definition) is 6. The van der Waals surface area contributed by atoms with Crippen molar-refractivity contribution in [3.8, 4) is 11.5 Å². The highest BCUT2D eigenvalue weighted by atomic mass is 32.2. The molecule has 0 fully saturated rings. The lowest BCUT2D eigenvalue weighted by Crippen LogP contribution is -2.40. The summed E-state index contributed by atoms with van der Waals surface area (Å²) in [5, 5.41) is 9.11. The lowest BCUT2D eigenvalue weighted by molar-refractivity contribution is 0.139. The Morgan fingerprint density at radius 3 is 2.70 bits per heavy atom. The minimum atomic E-state index is -3.75. The van der Waals surface area contributed by atoms with Crippen molar-refractivity contribution in [2.24, 2.45) is 0 Å². The van der Waals surface area contributed by atoms with Crippen molar-refractivity contribution >= 4 is 10.0 Å². The maximum atomic E-state index is 12.2. The molecule has 1 aromatic rings.